The zero-order valence-electron chi connectivity index (χ0n) is 11.3. The van der Waals surface area contributed by atoms with Crippen LogP contribution >= 0.6 is 23.2 Å². The summed E-state index contributed by atoms with van der Waals surface area (Å²) in [5.41, 5.74) is -0.300. The van der Waals surface area contributed by atoms with Crippen molar-refractivity contribution in [3.8, 4) is 11.5 Å². The number of halogens is 2. The molecule has 0 fully saturated rings. The fraction of sp³-hybridized carbons (Fsp3) is 0.0667. The van der Waals surface area contributed by atoms with Gasteiger partial charge in [-0.2, -0.15) is 0 Å². The van der Waals surface area contributed by atoms with Crippen LogP contribution in [0, 0.1) is 0 Å². The quantitative estimate of drug-likeness (QED) is 0.660. The Bertz CT molecular complexity index is 771. The number of methoxy groups -OCH3 is 1. The smallest absolute Gasteiger partial charge is 0.341 e. The fourth-order valence-corrected chi connectivity index (χ4v) is 2.23. The molecule has 7 heteroatoms. The summed E-state index contributed by atoms with van der Waals surface area (Å²) in [6.45, 7) is 0. The van der Waals surface area contributed by atoms with E-state index in [1.807, 2.05) is 0 Å². The van der Waals surface area contributed by atoms with E-state index in [1.54, 1.807) is 0 Å². The molecule has 0 aliphatic carbocycles. The standard InChI is InChI=1S/C15H10Cl2O5/c1-22-15(21)10-4-7(5-11(17)14(10)20)13(19)9-6-8(16)2-3-12(9)18/h2-6,18,20H,1H3. The van der Waals surface area contributed by atoms with Gasteiger partial charge < -0.3 is 14.9 Å². The zero-order chi connectivity index (χ0) is 16.4. The molecule has 2 aromatic carbocycles. The summed E-state index contributed by atoms with van der Waals surface area (Å²) in [6, 6.07) is 6.32. The van der Waals surface area contributed by atoms with Gasteiger partial charge in [0.1, 0.15) is 17.1 Å². The Labute approximate surface area is 135 Å². The molecule has 0 unspecified atom stereocenters. The molecule has 0 saturated carbocycles. The molecule has 0 aliphatic rings. The van der Waals surface area contributed by atoms with Gasteiger partial charge in [-0.25, -0.2) is 4.79 Å². The number of carbonyl (C=O) groups is 2. The van der Waals surface area contributed by atoms with Crippen molar-refractivity contribution < 1.29 is 24.5 Å². The topological polar surface area (TPSA) is 83.8 Å². The molecule has 0 aliphatic heterocycles. The second-order valence-corrected chi connectivity index (χ2v) is 5.18. The lowest BCUT2D eigenvalue weighted by atomic mass is 10.00. The van der Waals surface area contributed by atoms with E-state index in [0.717, 1.165) is 13.2 Å². The maximum Gasteiger partial charge on any atom is 0.341 e. The number of benzene rings is 2. The molecule has 0 radical (unpaired) electrons. The largest absolute Gasteiger partial charge is 0.507 e. The molecule has 0 heterocycles. The van der Waals surface area contributed by atoms with Crippen LogP contribution in [0.2, 0.25) is 10.0 Å². The fourth-order valence-electron chi connectivity index (χ4n) is 1.84. The van der Waals surface area contributed by atoms with E-state index in [9.17, 15) is 19.8 Å². The molecule has 0 aromatic heterocycles. The highest BCUT2D eigenvalue weighted by Crippen LogP contribution is 2.32. The van der Waals surface area contributed by atoms with E-state index in [1.165, 1.54) is 24.3 Å². The number of esters is 1. The number of hydrogen-bond acceptors (Lipinski definition) is 5. The number of aromatic hydroxyl groups is 2. The average molecular weight is 341 g/mol. The number of ether oxygens (including phenoxy) is 1. The van der Waals surface area contributed by atoms with Gasteiger partial charge in [-0.15, -0.1) is 0 Å². The van der Waals surface area contributed by atoms with Gasteiger partial charge in [0, 0.05) is 10.6 Å². The Balaban J connectivity index is 2.57. The maximum absolute atomic E-state index is 12.4. The Morgan fingerprint density at radius 2 is 1.73 bits per heavy atom. The van der Waals surface area contributed by atoms with Crippen LogP contribution in [-0.4, -0.2) is 29.1 Å². The minimum absolute atomic E-state index is 0.000710. The van der Waals surface area contributed by atoms with Crippen LogP contribution in [0.4, 0.5) is 0 Å². The predicted octanol–water partition coefficient (Wildman–Crippen LogP) is 3.42. The predicted molar refractivity (Wildman–Crippen MR) is 81.0 cm³/mol. The third-order valence-corrected chi connectivity index (χ3v) is 3.46. The van der Waals surface area contributed by atoms with Crippen LogP contribution < -0.4 is 0 Å². The lowest BCUT2D eigenvalue weighted by Crippen LogP contribution is -2.07. The van der Waals surface area contributed by atoms with Crippen LogP contribution in [0.1, 0.15) is 26.3 Å². The van der Waals surface area contributed by atoms with Gasteiger partial charge in [0.05, 0.1) is 17.7 Å². The van der Waals surface area contributed by atoms with Gasteiger partial charge in [0.15, 0.2) is 5.78 Å². The average Bonchev–Trinajstić information content (AvgIpc) is 2.50. The zero-order valence-corrected chi connectivity index (χ0v) is 12.8. The molecular weight excluding hydrogens is 331 g/mol. The first-order chi connectivity index (χ1) is 10.3. The third kappa shape index (κ3) is 3.00. The van der Waals surface area contributed by atoms with Crippen LogP contribution in [-0.2, 0) is 4.74 Å². The second kappa shape index (κ2) is 6.25. The van der Waals surface area contributed by atoms with Crippen LogP contribution in [0.15, 0.2) is 30.3 Å². The number of rotatable bonds is 3. The molecule has 0 bridgehead atoms. The highest BCUT2D eigenvalue weighted by molar-refractivity contribution is 6.33. The Morgan fingerprint density at radius 1 is 1.05 bits per heavy atom. The Kier molecular flexibility index (Phi) is 4.59. The number of phenols is 2. The molecular formula is C15H10Cl2O5. The molecule has 114 valence electrons. The van der Waals surface area contributed by atoms with Crippen molar-refractivity contribution in [1.29, 1.82) is 0 Å². The van der Waals surface area contributed by atoms with Crippen molar-refractivity contribution in [3.63, 3.8) is 0 Å². The SMILES string of the molecule is COC(=O)c1cc(C(=O)c2cc(Cl)ccc2O)cc(Cl)c1O. The van der Waals surface area contributed by atoms with E-state index in [-0.39, 0.29) is 32.5 Å². The summed E-state index contributed by atoms with van der Waals surface area (Å²) < 4.78 is 4.52. The van der Waals surface area contributed by atoms with Crippen LogP contribution in [0.25, 0.3) is 0 Å². The number of hydrogen-bond donors (Lipinski definition) is 2. The summed E-state index contributed by atoms with van der Waals surface area (Å²) in [5, 5.41) is 19.6. The van der Waals surface area contributed by atoms with Crippen molar-refractivity contribution in [3.05, 3.63) is 57.1 Å². The van der Waals surface area contributed by atoms with Crippen molar-refractivity contribution in [1.82, 2.24) is 0 Å². The number of carbonyl (C=O) groups excluding carboxylic acids is 2. The minimum Gasteiger partial charge on any atom is -0.507 e. The number of ketones is 1. The summed E-state index contributed by atoms with van der Waals surface area (Å²) >= 11 is 11.6. The Morgan fingerprint density at radius 3 is 2.36 bits per heavy atom. The molecule has 2 aromatic rings. The van der Waals surface area contributed by atoms with Gasteiger partial charge in [0.25, 0.3) is 0 Å². The number of phenolic OH excluding ortho intramolecular Hbond substituents is 2. The molecule has 0 atom stereocenters. The van der Waals surface area contributed by atoms with Crippen molar-refractivity contribution in [2.24, 2.45) is 0 Å². The molecule has 0 amide bonds. The van der Waals surface area contributed by atoms with Crippen molar-refractivity contribution in [2.75, 3.05) is 7.11 Å². The molecule has 2 N–H and O–H groups in total. The Hall–Kier alpha value is -2.24. The minimum atomic E-state index is -0.843. The second-order valence-electron chi connectivity index (χ2n) is 4.34. The monoisotopic (exact) mass is 340 g/mol. The summed E-state index contributed by atoms with van der Waals surface area (Å²) in [7, 11) is 1.13. The first-order valence-electron chi connectivity index (χ1n) is 5.99. The summed E-state index contributed by atoms with van der Waals surface area (Å²) in [4.78, 5) is 24.0. The van der Waals surface area contributed by atoms with Crippen LogP contribution in [0.5, 0.6) is 11.5 Å². The van der Waals surface area contributed by atoms with Gasteiger partial charge in [-0.05, 0) is 30.3 Å². The van der Waals surface area contributed by atoms with Gasteiger partial charge >= 0.3 is 5.97 Å². The summed E-state index contributed by atoms with van der Waals surface area (Å²) in [6.07, 6.45) is 0. The normalized spacial score (nSPS) is 10.3. The van der Waals surface area contributed by atoms with Gasteiger partial charge in [0.2, 0.25) is 0 Å². The summed E-state index contributed by atoms with van der Waals surface area (Å²) in [5.74, 6) is -2.20. The van der Waals surface area contributed by atoms with Gasteiger partial charge in [-0.3, -0.25) is 4.79 Å². The van der Waals surface area contributed by atoms with Crippen LogP contribution in [0.3, 0.4) is 0 Å². The lowest BCUT2D eigenvalue weighted by molar-refractivity contribution is 0.0597. The highest BCUT2D eigenvalue weighted by atomic mass is 35.5. The molecule has 22 heavy (non-hydrogen) atoms. The van der Waals surface area contributed by atoms with E-state index in [2.05, 4.69) is 4.74 Å². The highest BCUT2D eigenvalue weighted by Gasteiger charge is 2.21. The van der Waals surface area contributed by atoms with E-state index < -0.39 is 17.5 Å². The third-order valence-electron chi connectivity index (χ3n) is 2.93. The maximum atomic E-state index is 12.4. The van der Waals surface area contributed by atoms with Crippen molar-refractivity contribution in [2.45, 2.75) is 0 Å². The van der Waals surface area contributed by atoms with Crippen molar-refractivity contribution >= 4 is 35.0 Å². The molecule has 0 spiro atoms. The van der Waals surface area contributed by atoms with E-state index >= 15 is 0 Å². The van der Waals surface area contributed by atoms with Gasteiger partial charge in [-0.1, -0.05) is 23.2 Å². The molecule has 5 nitrogen and oxygen atoms in total. The molecule has 2 rings (SSSR count). The first-order valence-corrected chi connectivity index (χ1v) is 6.74. The van der Waals surface area contributed by atoms with E-state index in [4.69, 9.17) is 23.2 Å². The van der Waals surface area contributed by atoms with E-state index in [0.29, 0.717) is 0 Å². The molecule has 0 saturated heterocycles. The lowest BCUT2D eigenvalue weighted by Gasteiger charge is -2.09. The first kappa shape index (κ1) is 16.1.